The van der Waals surface area contributed by atoms with Crippen molar-refractivity contribution in [3.63, 3.8) is 0 Å². The molecule has 0 bridgehead atoms. The van der Waals surface area contributed by atoms with E-state index in [2.05, 4.69) is 10.1 Å². The molecule has 74 valence electrons. The molecule has 0 saturated heterocycles. The monoisotopic (exact) mass is 191 g/mol. The van der Waals surface area contributed by atoms with Crippen molar-refractivity contribution in [3.05, 3.63) is 33.4 Å². The summed E-state index contributed by atoms with van der Waals surface area (Å²) in [5.41, 5.74) is 3.41. The Morgan fingerprint density at radius 3 is 2.86 bits per heavy atom. The van der Waals surface area contributed by atoms with Crippen LogP contribution in [0.5, 0.6) is 0 Å². The van der Waals surface area contributed by atoms with Crippen LogP contribution in [-0.2, 0) is 6.42 Å². The quantitative estimate of drug-likeness (QED) is 0.736. The van der Waals surface area contributed by atoms with Crippen molar-refractivity contribution in [1.29, 1.82) is 0 Å². The van der Waals surface area contributed by atoms with E-state index in [1.54, 1.807) is 0 Å². The van der Waals surface area contributed by atoms with Gasteiger partial charge < -0.3 is 4.98 Å². The molecule has 0 saturated carbocycles. The van der Waals surface area contributed by atoms with Crippen molar-refractivity contribution in [2.45, 2.75) is 27.2 Å². The maximum atomic E-state index is 11.5. The fourth-order valence-electron chi connectivity index (χ4n) is 1.71. The largest absolute Gasteiger partial charge is 0.307 e. The van der Waals surface area contributed by atoms with E-state index < -0.39 is 0 Å². The summed E-state index contributed by atoms with van der Waals surface area (Å²) < 4.78 is 1.81. The van der Waals surface area contributed by atoms with Gasteiger partial charge in [0.15, 0.2) is 0 Å². The Morgan fingerprint density at radius 2 is 2.21 bits per heavy atom. The summed E-state index contributed by atoms with van der Waals surface area (Å²) in [6, 6.07) is 1.88. The highest BCUT2D eigenvalue weighted by Gasteiger charge is 2.08. The summed E-state index contributed by atoms with van der Waals surface area (Å²) in [5.74, 6) is 0. The van der Waals surface area contributed by atoms with Gasteiger partial charge in [-0.3, -0.25) is 4.79 Å². The molecule has 0 amide bonds. The fourth-order valence-corrected chi connectivity index (χ4v) is 1.71. The minimum Gasteiger partial charge on any atom is -0.307 e. The summed E-state index contributed by atoms with van der Waals surface area (Å²) in [5, 5.41) is 4.33. The van der Waals surface area contributed by atoms with Crippen molar-refractivity contribution in [2.75, 3.05) is 0 Å². The highest BCUT2D eigenvalue weighted by molar-refractivity contribution is 5.41. The van der Waals surface area contributed by atoms with Crippen LogP contribution in [0.15, 0.2) is 10.9 Å². The third kappa shape index (κ3) is 1.14. The molecular formula is C10H13N3O. The Kier molecular flexibility index (Phi) is 1.91. The molecule has 2 heterocycles. The fraction of sp³-hybridized carbons (Fsp3) is 0.400. The smallest absolute Gasteiger partial charge is 0.254 e. The number of nitrogens with one attached hydrogen (secondary N) is 1. The number of aryl methyl sites for hydroxylation is 2. The summed E-state index contributed by atoms with van der Waals surface area (Å²) in [6.45, 7) is 5.77. The van der Waals surface area contributed by atoms with Gasteiger partial charge in [-0.25, -0.2) is 4.52 Å². The first-order valence-corrected chi connectivity index (χ1v) is 4.71. The van der Waals surface area contributed by atoms with Crippen LogP contribution in [0.1, 0.15) is 23.9 Å². The van der Waals surface area contributed by atoms with Gasteiger partial charge in [0.05, 0.1) is 11.4 Å². The molecule has 0 unspecified atom stereocenters. The SMILES string of the molecule is CCc1c(C)c(=O)[nH]c2cc(C)nn12. The second-order valence-electron chi connectivity index (χ2n) is 3.46. The predicted molar refractivity (Wildman–Crippen MR) is 54.7 cm³/mol. The maximum Gasteiger partial charge on any atom is 0.254 e. The minimum atomic E-state index is -0.0192. The van der Waals surface area contributed by atoms with Crippen LogP contribution in [0.25, 0.3) is 5.65 Å². The third-order valence-electron chi connectivity index (χ3n) is 2.44. The average Bonchev–Trinajstić information content (AvgIpc) is 2.47. The number of fused-ring (bicyclic) bond motifs is 1. The van der Waals surface area contributed by atoms with Crippen LogP contribution in [0.2, 0.25) is 0 Å². The van der Waals surface area contributed by atoms with Gasteiger partial charge in [-0.1, -0.05) is 6.92 Å². The van der Waals surface area contributed by atoms with Crippen LogP contribution in [0, 0.1) is 13.8 Å². The molecule has 0 fully saturated rings. The van der Waals surface area contributed by atoms with Crippen molar-refractivity contribution in [2.24, 2.45) is 0 Å². The highest BCUT2D eigenvalue weighted by Crippen LogP contribution is 2.08. The molecule has 0 spiro atoms. The van der Waals surface area contributed by atoms with Gasteiger partial charge in [-0.05, 0) is 20.3 Å². The summed E-state index contributed by atoms with van der Waals surface area (Å²) in [6.07, 6.45) is 0.813. The van der Waals surface area contributed by atoms with E-state index >= 15 is 0 Å². The molecule has 0 atom stereocenters. The molecule has 0 aliphatic carbocycles. The van der Waals surface area contributed by atoms with E-state index in [-0.39, 0.29) is 5.56 Å². The number of nitrogens with zero attached hydrogens (tertiary/aromatic N) is 2. The lowest BCUT2D eigenvalue weighted by atomic mass is 10.2. The van der Waals surface area contributed by atoms with Crippen molar-refractivity contribution >= 4 is 5.65 Å². The topological polar surface area (TPSA) is 50.2 Å². The average molecular weight is 191 g/mol. The first kappa shape index (κ1) is 8.99. The zero-order chi connectivity index (χ0) is 10.3. The van der Waals surface area contributed by atoms with E-state index in [1.165, 1.54) is 0 Å². The molecule has 0 aliphatic heterocycles. The molecule has 2 aromatic rings. The lowest BCUT2D eigenvalue weighted by Gasteiger charge is -2.04. The lowest BCUT2D eigenvalue weighted by molar-refractivity contribution is 0.817. The van der Waals surface area contributed by atoms with Crippen LogP contribution in [0.4, 0.5) is 0 Å². The van der Waals surface area contributed by atoms with E-state index in [1.807, 2.05) is 31.4 Å². The highest BCUT2D eigenvalue weighted by atomic mass is 16.1. The van der Waals surface area contributed by atoms with Gasteiger partial charge in [0.2, 0.25) is 0 Å². The van der Waals surface area contributed by atoms with Gasteiger partial charge in [-0.2, -0.15) is 5.10 Å². The van der Waals surface area contributed by atoms with Crippen molar-refractivity contribution in [3.8, 4) is 0 Å². The maximum absolute atomic E-state index is 11.5. The zero-order valence-corrected chi connectivity index (χ0v) is 8.59. The summed E-state index contributed by atoms with van der Waals surface area (Å²) >= 11 is 0. The Morgan fingerprint density at radius 1 is 1.50 bits per heavy atom. The minimum absolute atomic E-state index is 0.0192. The number of aromatic amines is 1. The van der Waals surface area contributed by atoms with Crippen molar-refractivity contribution in [1.82, 2.24) is 14.6 Å². The van der Waals surface area contributed by atoms with Crippen LogP contribution in [0.3, 0.4) is 0 Å². The normalized spacial score (nSPS) is 11.1. The molecular weight excluding hydrogens is 178 g/mol. The molecule has 0 aliphatic rings. The van der Waals surface area contributed by atoms with Gasteiger partial charge in [0.1, 0.15) is 5.65 Å². The summed E-state index contributed by atoms with van der Waals surface area (Å²) in [4.78, 5) is 14.3. The van der Waals surface area contributed by atoms with E-state index in [0.29, 0.717) is 0 Å². The lowest BCUT2D eigenvalue weighted by Crippen LogP contribution is -2.16. The molecule has 0 radical (unpaired) electrons. The Hall–Kier alpha value is -1.58. The number of aromatic nitrogens is 3. The number of hydrogen-bond acceptors (Lipinski definition) is 2. The molecule has 14 heavy (non-hydrogen) atoms. The molecule has 2 aromatic heterocycles. The molecule has 0 aromatic carbocycles. The van der Waals surface area contributed by atoms with E-state index in [0.717, 1.165) is 29.0 Å². The Balaban J connectivity index is 2.95. The number of H-pyrrole nitrogens is 1. The Bertz CT molecular complexity index is 536. The van der Waals surface area contributed by atoms with Gasteiger partial charge in [0, 0.05) is 11.6 Å². The van der Waals surface area contributed by atoms with Gasteiger partial charge >= 0.3 is 0 Å². The second kappa shape index (κ2) is 2.97. The summed E-state index contributed by atoms with van der Waals surface area (Å²) in [7, 11) is 0. The number of hydrogen-bond donors (Lipinski definition) is 1. The van der Waals surface area contributed by atoms with Crippen LogP contribution < -0.4 is 5.56 Å². The van der Waals surface area contributed by atoms with Crippen LogP contribution >= 0.6 is 0 Å². The Labute approximate surface area is 81.6 Å². The standard InChI is InChI=1S/C10H13N3O/c1-4-8-7(3)10(14)11-9-5-6(2)12-13(8)9/h5H,4H2,1-3H3,(H,11,14). The molecule has 4 heteroatoms. The molecule has 2 rings (SSSR count). The zero-order valence-electron chi connectivity index (χ0n) is 8.59. The molecule has 4 nitrogen and oxygen atoms in total. The predicted octanol–water partition coefficient (Wildman–Crippen LogP) is 1.20. The third-order valence-corrected chi connectivity index (χ3v) is 2.44. The first-order chi connectivity index (χ1) is 6.63. The number of rotatable bonds is 1. The molecule has 1 N–H and O–H groups in total. The van der Waals surface area contributed by atoms with Gasteiger partial charge in [0.25, 0.3) is 5.56 Å². The first-order valence-electron chi connectivity index (χ1n) is 4.71. The van der Waals surface area contributed by atoms with Crippen molar-refractivity contribution < 1.29 is 0 Å². The van der Waals surface area contributed by atoms with Crippen LogP contribution in [-0.4, -0.2) is 14.6 Å². The van der Waals surface area contributed by atoms with Gasteiger partial charge in [-0.15, -0.1) is 0 Å². The second-order valence-corrected chi connectivity index (χ2v) is 3.46. The van der Waals surface area contributed by atoms with E-state index in [4.69, 9.17) is 0 Å². The van der Waals surface area contributed by atoms with E-state index in [9.17, 15) is 4.79 Å².